The summed E-state index contributed by atoms with van der Waals surface area (Å²) in [6.45, 7) is 0. The first-order valence-electron chi connectivity index (χ1n) is 10.5. The smallest absolute Gasteiger partial charge is 0.225 e. The molecule has 2 saturated carbocycles. The highest BCUT2D eigenvalue weighted by Crippen LogP contribution is 2.90. The SMILES string of the molecule is FC(F)(F)C1(F)C(F)(F)C(F)(F)C(F)(F)C(C(F)(F)F)(C(F)(F)C2(F)C(F)(F)C(F)(F)C(F)(F)C(F)(F)C2(F)F)C1(C(F)(F)F)C(F)(F)F. The normalized spacial score (nSPS) is 34.3. The van der Waals surface area contributed by atoms with Crippen LogP contribution >= 0.6 is 0 Å². The van der Waals surface area contributed by atoms with Gasteiger partial charge in [-0.2, -0.15) is 123 Å². The zero-order valence-corrected chi connectivity index (χ0v) is 20.6. The van der Waals surface area contributed by atoms with E-state index in [0.717, 1.165) is 0 Å². The number of rotatable bonds is 2. The first-order chi connectivity index (χ1) is 20.5. The molecule has 0 heterocycles. The Hall–Kier alpha value is -2.24. The van der Waals surface area contributed by atoms with Gasteiger partial charge in [-0.3, -0.25) is 0 Å². The summed E-state index contributed by atoms with van der Waals surface area (Å²) in [5.74, 6) is -91.0. The van der Waals surface area contributed by atoms with Crippen molar-refractivity contribution in [2.24, 2.45) is 10.8 Å². The van der Waals surface area contributed by atoms with Crippen LogP contribution in [0.4, 0.5) is 140 Å². The Morgan fingerprint density at radius 2 is 0.408 bits per heavy atom. The van der Waals surface area contributed by atoms with Crippen LogP contribution in [-0.2, 0) is 0 Å². The Balaban J connectivity index is 3.90. The molecule has 292 valence electrons. The van der Waals surface area contributed by atoms with Gasteiger partial charge in [-0.05, 0) is 0 Å². The molecule has 2 aliphatic carbocycles. The van der Waals surface area contributed by atoms with Gasteiger partial charge in [-0.15, -0.1) is 0 Å². The number of hydrogen-bond acceptors (Lipinski definition) is 0. The zero-order valence-electron chi connectivity index (χ0n) is 20.6. The molecular formula is C17F32. The van der Waals surface area contributed by atoms with Gasteiger partial charge in [-0.25, -0.2) is 17.6 Å². The van der Waals surface area contributed by atoms with Crippen molar-refractivity contribution >= 4 is 0 Å². The lowest BCUT2D eigenvalue weighted by Crippen LogP contribution is -2.99. The van der Waals surface area contributed by atoms with E-state index in [4.69, 9.17) is 0 Å². The average molecular weight is 812 g/mol. The summed E-state index contributed by atoms with van der Waals surface area (Å²) >= 11 is 0. The van der Waals surface area contributed by atoms with Gasteiger partial charge in [0.25, 0.3) is 5.67 Å². The van der Waals surface area contributed by atoms with Crippen molar-refractivity contribution in [3.63, 3.8) is 0 Å². The molecule has 0 radical (unpaired) electrons. The second kappa shape index (κ2) is 9.21. The molecule has 0 N–H and O–H groups in total. The summed E-state index contributed by atoms with van der Waals surface area (Å²) in [5.41, 5.74) is -44.7. The van der Waals surface area contributed by atoms with E-state index < -0.39 is 100 Å². The van der Waals surface area contributed by atoms with Gasteiger partial charge in [0, 0.05) is 0 Å². The van der Waals surface area contributed by atoms with Crippen molar-refractivity contribution < 1.29 is 140 Å². The minimum Gasteiger partial charge on any atom is -0.225 e. The summed E-state index contributed by atoms with van der Waals surface area (Å²) in [7, 11) is 0. The van der Waals surface area contributed by atoms with Gasteiger partial charge in [0.05, 0.1) is 0 Å². The van der Waals surface area contributed by atoms with Crippen LogP contribution in [0.15, 0.2) is 0 Å². The molecule has 0 amide bonds. The minimum atomic E-state index is -11.7. The van der Waals surface area contributed by atoms with Gasteiger partial charge in [0.15, 0.2) is 0 Å². The van der Waals surface area contributed by atoms with Crippen molar-refractivity contribution in [1.82, 2.24) is 0 Å². The van der Waals surface area contributed by atoms with Crippen molar-refractivity contribution in [2.75, 3.05) is 0 Å². The highest BCUT2D eigenvalue weighted by Gasteiger charge is 3.19. The summed E-state index contributed by atoms with van der Waals surface area (Å²) in [5, 5.41) is 0. The van der Waals surface area contributed by atoms with E-state index in [0.29, 0.717) is 0 Å². The highest BCUT2D eigenvalue weighted by atomic mass is 19.4. The fourth-order valence-electron chi connectivity index (χ4n) is 5.62. The third-order valence-electron chi connectivity index (χ3n) is 7.78. The molecule has 2 atom stereocenters. The fraction of sp³-hybridized carbons (Fsp3) is 1.00. The lowest BCUT2D eigenvalue weighted by Gasteiger charge is -2.68. The van der Waals surface area contributed by atoms with Gasteiger partial charge < -0.3 is 0 Å². The van der Waals surface area contributed by atoms with Gasteiger partial charge in [-0.1, -0.05) is 0 Å². The summed E-state index contributed by atoms with van der Waals surface area (Å²) in [4.78, 5) is 0. The quantitative estimate of drug-likeness (QED) is 0.244. The lowest BCUT2D eigenvalue weighted by atomic mass is 9.40. The van der Waals surface area contributed by atoms with Crippen LogP contribution in [-0.4, -0.2) is 89.3 Å². The summed E-state index contributed by atoms with van der Waals surface area (Å²) in [6.07, 6.45) is -41.4. The first kappa shape index (κ1) is 42.9. The zero-order chi connectivity index (χ0) is 40.5. The molecule has 0 spiro atoms. The topological polar surface area (TPSA) is 0 Å². The molecule has 2 aliphatic rings. The molecule has 0 aromatic carbocycles. The maximum Gasteiger partial charge on any atom is 0.430 e. The molecule has 0 aliphatic heterocycles. The maximum atomic E-state index is 15.5. The van der Waals surface area contributed by atoms with E-state index in [1.54, 1.807) is 0 Å². The van der Waals surface area contributed by atoms with Crippen LogP contribution in [0.5, 0.6) is 0 Å². The van der Waals surface area contributed by atoms with Crippen LogP contribution in [0, 0.1) is 10.8 Å². The Labute approximate surface area is 242 Å². The average Bonchev–Trinajstić information content (AvgIpc) is 2.80. The van der Waals surface area contributed by atoms with E-state index in [1.807, 2.05) is 0 Å². The predicted octanol–water partition coefficient (Wildman–Crippen LogP) is 10.4. The molecule has 0 aromatic heterocycles. The largest absolute Gasteiger partial charge is 0.430 e. The standard InChI is InChI=1S/C17F32/c18-3(17(47,48)49)1(14(38,39)40,15(41,42)43)2(16(44,45)46,6(22,23)10(30,31)7(3,24)25)5(20,21)4(19)8(26,27)11(32,33)13(36,37)12(34,35)9(4,28)29. The summed E-state index contributed by atoms with van der Waals surface area (Å²) < 4.78 is 454. The van der Waals surface area contributed by atoms with Gasteiger partial charge >= 0.3 is 83.7 Å². The highest BCUT2D eigenvalue weighted by molar-refractivity contribution is 5.43. The second-order valence-electron chi connectivity index (χ2n) is 9.98. The Kier molecular flexibility index (Phi) is 8.07. The number of alkyl halides is 32. The molecule has 0 bridgehead atoms. The van der Waals surface area contributed by atoms with Crippen molar-refractivity contribution in [3.05, 3.63) is 0 Å². The molecule has 2 unspecified atom stereocenters. The van der Waals surface area contributed by atoms with Crippen LogP contribution in [0.3, 0.4) is 0 Å². The first-order valence-corrected chi connectivity index (χ1v) is 10.5. The van der Waals surface area contributed by atoms with Crippen molar-refractivity contribution in [1.29, 1.82) is 0 Å². The molecule has 2 rings (SSSR count). The van der Waals surface area contributed by atoms with Gasteiger partial charge in [0.2, 0.25) is 10.8 Å². The van der Waals surface area contributed by atoms with Crippen LogP contribution in [0.1, 0.15) is 0 Å². The van der Waals surface area contributed by atoms with E-state index in [9.17, 15) is 123 Å². The van der Waals surface area contributed by atoms with E-state index in [2.05, 4.69) is 0 Å². The second-order valence-corrected chi connectivity index (χ2v) is 9.98. The number of halogens is 32. The van der Waals surface area contributed by atoms with E-state index in [-0.39, 0.29) is 0 Å². The lowest BCUT2D eigenvalue weighted by molar-refractivity contribution is -0.612. The Morgan fingerprint density at radius 3 is 0.633 bits per heavy atom. The Bertz CT molecular complexity index is 1280. The molecule has 0 aromatic rings. The molecule has 2 fully saturated rings. The van der Waals surface area contributed by atoms with Crippen LogP contribution < -0.4 is 0 Å². The molecule has 49 heavy (non-hydrogen) atoms. The van der Waals surface area contributed by atoms with Crippen LogP contribution in [0.2, 0.25) is 0 Å². The fourth-order valence-corrected chi connectivity index (χ4v) is 5.62. The van der Waals surface area contributed by atoms with E-state index in [1.165, 1.54) is 0 Å². The van der Waals surface area contributed by atoms with Crippen LogP contribution in [0.25, 0.3) is 0 Å². The third-order valence-corrected chi connectivity index (χ3v) is 7.78. The molecular weight excluding hydrogens is 812 g/mol. The predicted molar refractivity (Wildman–Crippen MR) is 81.3 cm³/mol. The van der Waals surface area contributed by atoms with Crippen molar-refractivity contribution in [3.8, 4) is 0 Å². The maximum absolute atomic E-state index is 15.5. The van der Waals surface area contributed by atoms with E-state index >= 15 is 17.6 Å². The molecule has 0 saturated heterocycles. The monoisotopic (exact) mass is 812 g/mol. The van der Waals surface area contributed by atoms with Gasteiger partial charge in [0.1, 0.15) is 0 Å². The minimum absolute atomic E-state index is 9.07. The number of hydrogen-bond donors (Lipinski definition) is 0. The summed E-state index contributed by atoms with van der Waals surface area (Å²) in [6, 6.07) is 0. The molecule has 0 nitrogen and oxygen atoms in total. The third kappa shape index (κ3) is 3.43. The molecule has 32 heteroatoms. The Morgan fingerprint density at radius 1 is 0.204 bits per heavy atom. The van der Waals surface area contributed by atoms with Crippen molar-refractivity contribution in [2.45, 2.75) is 89.3 Å².